The number of benzene rings is 1. The first-order valence-electron chi connectivity index (χ1n) is 9.07. The predicted octanol–water partition coefficient (Wildman–Crippen LogP) is 4.20. The highest BCUT2D eigenvalue weighted by atomic mass is 35.5. The molecule has 3 rings (SSSR count). The first kappa shape index (κ1) is 23.4. The Labute approximate surface area is 185 Å². The molecule has 0 bridgehead atoms. The van der Waals surface area contributed by atoms with Gasteiger partial charge in [0.05, 0.1) is 16.8 Å². The Morgan fingerprint density at radius 1 is 1.28 bits per heavy atom. The second kappa shape index (κ2) is 10.2. The van der Waals surface area contributed by atoms with E-state index in [1.54, 1.807) is 41.1 Å². The number of hydrogen-bond donors (Lipinski definition) is 0. The fraction of sp³-hybridized carbons (Fsp3) is 0.421. The molecule has 0 spiro atoms. The monoisotopic (exact) mass is 457 g/mol. The highest BCUT2D eigenvalue weighted by molar-refractivity contribution is 7.23. The van der Waals surface area contributed by atoms with E-state index in [0.29, 0.717) is 40.2 Å². The molecule has 7 nitrogen and oxygen atoms in total. The molecule has 1 aromatic carbocycles. The molecule has 0 saturated carbocycles. The van der Waals surface area contributed by atoms with Crippen LogP contribution in [-0.4, -0.2) is 59.9 Å². The molecular formula is C19H25Cl2N5O2S. The number of methoxy groups -OCH3 is 1. The largest absolute Gasteiger partial charge is 0.494 e. The first-order valence-corrected chi connectivity index (χ1v) is 10.3. The highest BCUT2D eigenvalue weighted by Crippen LogP contribution is 2.39. The lowest BCUT2D eigenvalue weighted by Crippen LogP contribution is -2.34. The number of fused-ring (bicyclic) bond motifs is 1. The number of aryl methyl sites for hydroxylation is 1. The number of thiazole rings is 1. The Hall–Kier alpha value is -1.87. The van der Waals surface area contributed by atoms with Gasteiger partial charge in [-0.2, -0.15) is 5.10 Å². The second-order valence-corrected chi connectivity index (χ2v) is 7.95. The van der Waals surface area contributed by atoms with Crippen LogP contribution in [0.1, 0.15) is 23.8 Å². The SMILES string of the molecule is CCn1nccc1C(=O)N(CCCN(C)C)c1nc2c(OC)ccc(Cl)c2s1.Cl. The van der Waals surface area contributed by atoms with Crippen LogP contribution in [0.5, 0.6) is 5.75 Å². The Balaban J connectivity index is 0.00000300. The van der Waals surface area contributed by atoms with Crippen LogP contribution in [-0.2, 0) is 6.54 Å². The Bertz CT molecular complexity index is 973. The minimum absolute atomic E-state index is 0. The van der Waals surface area contributed by atoms with Crippen LogP contribution in [0.25, 0.3) is 10.2 Å². The summed E-state index contributed by atoms with van der Waals surface area (Å²) in [6.07, 6.45) is 2.47. The van der Waals surface area contributed by atoms with Gasteiger partial charge >= 0.3 is 0 Å². The molecule has 0 aliphatic heterocycles. The molecule has 0 unspecified atom stereocenters. The molecule has 0 aliphatic rings. The van der Waals surface area contributed by atoms with E-state index in [0.717, 1.165) is 17.7 Å². The van der Waals surface area contributed by atoms with Crippen LogP contribution in [0.3, 0.4) is 0 Å². The van der Waals surface area contributed by atoms with Crippen LogP contribution in [0, 0.1) is 0 Å². The third-order valence-electron chi connectivity index (χ3n) is 4.37. The topological polar surface area (TPSA) is 63.5 Å². The molecule has 3 aromatic rings. The van der Waals surface area contributed by atoms with Crippen molar-refractivity contribution in [3.63, 3.8) is 0 Å². The molecule has 0 N–H and O–H groups in total. The van der Waals surface area contributed by atoms with Crippen LogP contribution >= 0.6 is 35.3 Å². The van der Waals surface area contributed by atoms with Gasteiger partial charge in [-0.3, -0.25) is 14.4 Å². The van der Waals surface area contributed by atoms with Crippen LogP contribution in [0.15, 0.2) is 24.4 Å². The third-order valence-corrected chi connectivity index (χ3v) is 5.90. The molecule has 10 heteroatoms. The van der Waals surface area contributed by atoms with Gasteiger partial charge in [-0.05, 0) is 52.2 Å². The first-order chi connectivity index (χ1) is 13.5. The van der Waals surface area contributed by atoms with Crippen molar-refractivity contribution in [3.8, 4) is 5.75 Å². The number of carbonyl (C=O) groups is 1. The van der Waals surface area contributed by atoms with Gasteiger partial charge in [0.1, 0.15) is 17.0 Å². The minimum atomic E-state index is -0.118. The molecule has 2 heterocycles. The Morgan fingerprint density at radius 3 is 2.69 bits per heavy atom. The average Bonchev–Trinajstić information content (AvgIpc) is 3.32. The van der Waals surface area contributed by atoms with E-state index in [-0.39, 0.29) is 18.3 Å². The zero-order valence-corrected chi connectivity index (χ0v) is 19.3. The lowest BCUT2D eigenvalue weighted by atomic mass is 10.3. The number of halogens is 2. The summed E-state index contributed by atoms with van der Waals surface area (Å²) in [4.78, 5) is 21.8. The number of nitrogens with zero attached hydrogens (tertiary/aromatic N) is 5. The van der Waals surface area contributed by atoms with Crippen molar-refractivity contribution < 1.29 is 9.53 Å². The maximum absolute atomic E-state index is 13.3. The summed E-state index contributed by atoms with van der Waals surface area (Å²) < 4.78 is 7.93. The number of anilines is 1. The van der Waals surface area contributed by atoms with Crippen molar-refractivity contribution >= 4 is 56.6 Å². The molecule has 0 saturated heterocycles. The number of carbonyl (C=O) groups excluding carboxylic acids is 1. The van der Waals surface area contributed by atoms with Gasteiger partial charge < -0.3 is 9.64 Å². The van der Waals surface area contributed by atoms with E-state index in [2.05, 4.69) is 10.00 Å². The quantitative estimate of drug-likeness (QED) is 0.507. The van der Waals surface area contributed by atoms with Crippen molar-refractivity contribution in [2.24, 2.45) is 0 Å². The zero-order chi connectivity index (χ0) is 20.3. The smallest absolute Gasteiger partial charge is 0.278 e. The molecule has 158 valence electrons. The molecule has 2 aromatic heterocycles. The summed E-state index contributed by atoms with van der Waals surface area (Å²) in [7, 11) is 5.63. The maximum Gasteiger partial charge on any atom is 0.278 e. The highest BCUT2D eigenvalue weighted by Gasteiger charge is 2.25. The van der Waals surface area contributed by atoms with Crippen LogP contribution in [0.2, 0.25) is 5.02 Å². The van der Waals surface area contributed by atoms with E-state index in [4.69, 9.17) is 21.3 Å². The standard InChI is InChI=1S/C19H24ClN5O2S.ClH/c1-5-25-14(9-10-21-25)18(26)24(12-6-11-23(2)3)19-22-16-15(27-4)8-7-13(20)17(16)28-19;/h7-10H,5-6,11-12H2,1-4H3;1H. The van der Waals surface area contributed by atoms with Gasteiger partial charge in [-0.15, -0.1) is 12.4 Å². The zero-order valence-electron chi connectivity index (χ0n) is 16.9. The van der Waals surface area contributed by atoms with E-state index in [1.807, 2.05) is 21.0 Å². The maximum atomic E-state index is 13.3. The molecule has 0 atom stereocenters. The number of hydrogen-bond acceptors (Lipinski definition) is 6. The van der Waals surface area contributed by atoms with Crippen molar-refractivity contribution in [3.05, 3.63) is 35.1 Å². The van der Waals surface area contributed by atoms with Gasteiger partial charge in [0.25, 0.3) is 5.91 Å². The van der Waals surface area contributed by atoms with Gasteiger partial charge in [-0.1, -0.05) is 22.9 Å². The second-order valence-electron chi connectivity index (χ2n) is 6.57. The van der Waals surface area contributed by atoms with Gasteiger partial charge in [-0.25, -0.2) is 4.98 Å². The molecule has 0 fully saturated rings. The lowest BCUT2D eigenvalue weighted by Gasteiger charge is -2.21. The summed E-state index contributed by atoms with van der Waals surface area (Å²) in [6.45, 7) is 4.00. The number of amides is 1. The van der Waals surface area contributed by atoms with E-state index in [1.165, 1.54) is 11.3 Å². The van der Waals surface area contributed by atoms with Gasteiger partial charge in [0.15, 0.2) is 5.13 Å². The number of aromatic nitrogens is 3. The van der Waals surface area contributed by atoms with E-state index in [9.17, 15) is 4.79 Å². The van der Waals surface area contributed by atoms with E-state index < -0.39 is 0 Å². The average molecular weight is 458 g/mol. The third kappa shape index (κ3) is 5.01. The summed E-state index contributed by atoms with van der Waals surface area (Å²) >= 11 is 7.77. The van der Waals surface area contributed by atoms with Crippen molar-refractivity contribution in [2.75, 3.05) is 39.2 Å². The normalized spacial score (nSPS) is 11.0. The molecule has 29 heavy (non-hydrogen) atoms. The van der Waals surface area contributed by atoms with E-state index >= 15 is 0 Å². The molecule has 1 amide bonds. The molecule has 0 radical (unpaired) electrons. The van der Waals surface area contributed by atoms with Crippen LogP contribution in [0.4, 0.5) is 5.13 Å². The minimum Gasteiger partial charge on any atom is -0.494 e. The Kier molecular flexibility index (Phi) is 8.27. The van der Waals surface area contributed by atoms with Gasteiger partial charge in [0.2, 0.25) is 0 Å². The van der Waals surface area contributed by atoms with Crippen molar-refractivity contribution in [2.45, 2.75) is 19.9 Å². The van der Waals surface area contributed by atoms with Gasteiger partial charge in [0, 0.05) is 19.3 Å². The summed E-state index contributed by atoms with van der Waals surface area (Å²) in [6, 6.07) is 5.32. The Morgan fingerprint density at radius 2 is 2.03 bits per heavy atom. The van der Waals surface area contributed by atoms with Crippen molar-refractivity contribution in [1.82, 2.24) is 19.7 Å². The summed E-state index contributed by atoms with van der Waals surface area (Å²) in [5, 5.41) is 5.43. The lowest BCUT2D eigenvalue weighted by molar-refractivity contribution is 0.0975. The fourth-order valence-corrected chi connectivity index (χ4v) is 4.24. The number of rotatable bonds is 8. The summed E-state index contributed by atoms with van der Waals surface area (Å²) in [5.74, 6) is 0.522. The van der Waals surface area contributed by atoms with Crippen molar-refractivity contribution in [1.29, 1.82) is 0 Å². The predicted molar refractivity (Wildman–Crippen MR) is 121 cm³/mol. The summed E-state index contributed by atoms with van der Waals surface area (Å²) in [5.41, 5.74) is 1.22. The van der Waals surface area contributed by atoms with Crippen LogP contribution < -0.4 is 9.64 Å². The molecule has 0 aliphatic carbocycles. The molecular weight excluding hydrogens is 433 g/mol. The fourth-order valence-electron chi connectivity index (χ4n) is 2.96. The number of ether oxygens (including phenoxy) is 1.